The lowest BCUT2D eigenvalue weighted by Gasteiger charge is -2.35. The monoisotopic (exact) mass is 868 g/mol. The van der Waals surface area contributed by atoms with Crippen LogP contribution in [0.15, 0.2) is 40.1 Å². The third-order valence-corrected chi connectivity index (χ3v) is 13.9. The highest BCUT2D eigenvalue weighted by molar-refractivity contribution is 5.78. The Balaban J connectivity index is 1.26. The Bertz CT molecular complexity index is 1620. The number of aromatic nitrogens is 1. The van der Waals surface area contributed by atoms with E-state index in [1.165, 1.54) is 64.2 Å². The van der Waals surface area contributed by atoms with Gasteiger partial charge in [-0.05, 0) is 88.4 Å². The summed E-state index contributed by atoms with van der Waals surface area (Å²) in [5.41, 5.74) is 2.03. The van der Waals surface area contributed by atoms with E-state index in [-0.39, 0.29) is 42.0 Å². The van der Waals surface area contributed by atoms with Crippen molar-refractivity contribution >= 4 is 18.0 Å². The quantitative estimate of drug-likeness (QED) is 0.0369. The van der Waals surface area contributed by atoms with Gasteiger partial charge in [-0.2, -0.15) is 0 Å². The number of nitrogens with zero attached hydrogens (tertiary/aromatic N) is 1. The fourth-order valence-electron chi connectivity index (χ4n) is 9.80. The van der Waals surface area contributed by atoms with E-state index in [1.807, 2.05) is 58.9 Å². The van der Waals surface area contributed by atoms with E-state index in [2.05, 4.69) is 18.8 Å². The number of aryl methyl sites for hydroxylation is 1. The van der Waals surface area contributed by atoms with Gasteiger partial charge in [0.2, 0.25) is 0 Å². The molecule has 0 aromatic carbocycles. The second-order valence-corrected chi connectivity index (χ2v) is 19.3. The number of aliphatic hydroxyl groups is 1. The molecule has 4 fully saturated rings. The number of carbonyl (C=O) groups excluding carboxylic acids is 2. The molecular formula is C51H81NO10. The first kappa shape index (κ1) is 50.2. The highest BCUT2D eigenvalue weighted by atomic mass is 16.7. The van der Waals surface area contributed by atoms with Gasteiger partial charge in [0.05, 0.1) is 24.4 Å². The number of fused-ring (bicyclic) bond motifs is 4. The van der Waals surface area contributed by atoms with Crippen molar-refractivity contribution in [2.75, 3.05) is 7.11 Å². The maximum absolute atomic E-state index is 13.9. The second kappa shape index (κ2) is 25.0. The van der Waals surface area contributed by atoms with Crippen LogP contribution in [-0.4, -0.2) is 83.8 Å². The van der Waals surface area contributed by atoms with Crippen LogP contribution in [0, 0.1) is 24.7 Å². The first-order chi connectivity index (χ1) is 29.8. The first-order valence-electron chi connectivity index (χ1n) is 24.4. The summed E-state index contributed by atoms with van der Waals surface area (Å²) >= 11 is 0. The first-order valence-corrected chi connectivity index (χ1v) is 24.4. The Morgan fingerprint density at radius 2 is 1.61 bits per heavy atom. The number of cyclic esters (lactones) is 1. The fraction of sp³-hybridized carbons (Fsp3) is 0.784. The molecule has 0 radical (unpaired) electrons. The average Bonchev–Trinajstić information content (AvgIpc) is 4.11. The molecule has 1 N–H and O–H groups in total. The number of unbranched alkanes of at least 4 members (excludes halogenated alkanes) is 12. The predicted octanol–water partition coefficient (Wildman–Crippen LogP) is 11.1. The Morgan fingerprint density at radius 1 is 0.952 bits per heavy atom. The molecule has 0 amide bonds. The highest BCUT2D eigenvalue weighted by Crippen LogP contribution is 2.48. The van der Waals surface area contributed by atoms with Crippen LogP contribution in [0.4, 0.5) is 0 Å². The number of rotatable bonds is 23. The summed E-state index contributed by atoms with van der Waals surface area (Å²) in [7, 11) is 1.68. The normalized spacial score (nSPS) is 31.2. The van der Waals surface area contributed by atoms with Gasteiger partial charge < -0.3 is 37.9 Å². The van der Waals surface area contributed by atoms with E-state index in [9.17, 15) is 14.7 Å². The zero-order valence-corrected chi connectivity index (χ0v) is 39.4. The van der Waals surface area contributed by atoms with Gasteiger partial charge in [0.1, 0.15) is 29.8 Å². The van der Waals surface area contributed by atoms with E-state index < -0.39 is 42.3 Å². The number of hydrogen-bond donors (Lipinski definition) is 1. The van der Waals surface area contributed by atoms with Crippen LogP contribution in [0.2, 0.25) is 0 Å². The number of allylic oxidation sites excluding steroid dienone is 4. The van der Waals surface area contributed by atoms with Gasteiger partial charge in [-0.1, -0.05) is 116 Å². The van der Waals surface area contributed by atoms with Crippen molar-refractivity contribution in [2.45, 2.75) is 232 Å². The summed E-state index contributed by atoms with van der Waals surface area (Å²) in [6.07, 6.45) is 26.2. The SMILES string of the molecule is CCCCCCCCCCCCCCC[C@H](O)OC1CC(C(C)C(OC)/C(C)=C/C=C/C(C)=C/c2coc(C)n2)OC(=O)C2OC2CC2CC(=O)OC(C2)C(C)CCC2OC12C. The molecule has 11 heteroatoms. The van der Waals surface area contributed by atoms with E-state index in [4.69, 9.17) is 32.8 Å². The van der Waals surface area contributed by atoms with Crippen LogP contribution in [-0.2, 0) is 38.0 Å². The topological polar surface area (TPSA) is 142 Å². The number of esters is 2. The van der Waals surface area contributed by atoms with Crippen molar-refractivity contribution in [1.82, 2.24) is 4.98 Å². The zero-order valence-electron chi connectivity index (χ0n) is 39.4. The molecule has 1 aromatic heterocycles. The van der Waals surface area contributed by atoms with Crippen LogP contribution < -0.4 is 0 Å². The van der Waals surface area contributed by atoms with Crippen molar-refractivity contribution in [3.05, 3.63) is 47.2 Å². The van der Waals surface area contributed by atoms with Crippen molar-refractivity contribution in [1.29, 1.82) is 0 Å². The van der Waals surface area contributed by atoms with E-state index in [0.29, 0.717) is 31.6 Å². The number of carbonyl (C=O) groups is 2. The number of ether oxygens (including phenoxy) is 6. The van der Waals surface area contributed by atoms with Crippen LogP contribution in [0.5, 0.6) is 0 Å². The van der Waals surface area contributed by atoms with E-state index in [0.717, 1.165) is 55.4 Å². The number of hydrogen-bond acceptors (Lipinski definition) is 11. The summed E-state index contributed by atoms with van der Waals surface area (Å²) in [5, 5.41) is 11.4. The minimum Gasteiger partial charge on any atom is -0.462 e. The minimum absolute atomic E-state index is 0.0861. The van der Waals surface area contributed by atoms with Crippen LogP contribution >= 0.6 is 0 Å². The molecule has 11 nitrogen and oxygen atoms in total. The fourth-order valence-corrected chi connectivity index (χ4v) is 9.80. The molecule has 5 rings (SSSR count). The minimum atomic E-state index is -0.984. The van der Waals surface area contributed by atoms with Crippen LogP contribution in [0.1, 0.15) is 182 Å². The number of aliphatic hydroxyl groups excluding tert-OH is 1. The summed E-state index contributed by atoms with van der Waals surface area (Å²) in [5.74, 6) is -0.0541. The maximum Gasteiger partial charge on any atom is 0.338 e. The molecule has 4 aliphatic heterocycles. The van der Waals surface area contributed by atoms with Crippen LogP contribution in [0.3, 0.4) is 0 Å². The van der Waals surface area contributed by atoms with Crippen molar-refractivity contribution in [2.24, 2.45) is 17.8 Å². The standard InChI is InChI=1S/C51H81NO10/c1-9-10-11-12-13-14-15-16-17-18-19-20-21-25-46(53)61-45-32-42(37(5)48(56-8)36(4)24-22-23-34(2)28-40-33-57-38(6)52-40)60-50(55)49-43(59-49)30-39-29-41(58-47(54)31-39)35(3)26-27-44-51(45,7)62-44/h22-24,28,33,35,37,39,41-46,48-49,53H,9-21,25-27,29-32H2,1-8H3/b23-22+,34-28+,36-24+/t35?,37?,39?,41?,42?,43?,44?,45?,46-,48?,49?,51?/m1/s1. The molecule has 11 unspecified atom stereocenters. The summed E-state index contributed by atoms with van der Waals surface area (Å²) in [6, 6.07) is 0. The largest absolute Gasteiger partial charge is 0.462 e. The molecule has 0 aliphatic carbocycles. The van der Waals surface area contributed by atoms with Gasteiger partial charge >= 0.3 is 11.9 Å². The van der Waals surface area contributed by atoms with Gasteiger partial charge in [-0.15, -0.1) is 0 Å². The van der Waals surface area contributed by atoms with Gasteiger partial charge in [-0.25, -0.2) is 9.78 Å². The number of methoxy groups -OCH3 is 1. The summed E-state index contributed by atoms with van der Waals surface area (Å²) in [4.78, 5) is 31.0. The van der Waals surface area contributed by atoms with Crippen LogP contribution in [0.25, 0.3) is 6.08 Å². The molecule has 2 bridgehead atoms. The molecule has 4 saturated heterocycles. The second-order valence-electron chi connectivity index (χ2n) is 19.3. The van der Waals surface area contributed by atoms with Crippen molar-refractivity contribution in [3.63, 3.8) is 0 Å². The molecule has 350 valence electrons. The Labute approximate surface area is 373 Å². The zero-order chi connectivity index (χ0) is 44.6. The summed E-state index contributed by atoms with van der Waals surface area (Å²) < 4.78 is 42.8. The van der Waals surface area contributed by atoms with Gasteiger partial charge in [-0.3, -0.25) is 4.79 Å². The molecule has 0 saturated carbocycles. The van der Waals surface area contributed by atoms with Crippen molar-refractivity contribution < 1.29 is 47.5 Å². The molecule has 62 heavy (non-hydrogen) atoms. The third-order valence-electron chi connectivity index (χ3n) is 13.9. The third kappa shape index (κ3) is 15.7. The molecule has 5 heterocycles. The Hall–Kier alpha value is -2.83. The average molecular weight is 868 g/mol. The van der Waals surface area contributed by atoms with Crippen molar-refractivity contribution in [3.8, 4) is 0 Å². The molecule has 0 spiro atoms. The molecular weight excluding hydrogens is 787 g/mol. The lowest BCUT2D eigenvalue weighted by molar-refractivity contribution is -0.179. The summed E-state index contributed by atoms with van der Waals surface area (Å²) in [6.45, 7) is 14.3. The van der Waals surface area contributed by atoms with Gasteiger partial charge in [0.15, 0.2) is 18.3 Å². The lowest BCUT2D eigenvalue weighted by atomic mass is 9.82. The molecule has 1 aromatic rings. The van der Waals surface area contributed by atoms with Gasteiger partial charge in [0, 0.05) is 32.8 Å². The Morgan fingerprint density at radius 3 is 2.26 bits per heavy atom. The maximum atomic E-state index is 13.9. The molecule has 4 aliphatic rings. The predicted molar refractivity (Wildman–Crippen MR) is 241 cm³/mol. The smallest absolute Gasteiger partial charge is 0.338 e. The number of oxazole rings is 1. The van der Waals surface area contributed by atoms with E-state index >= 15 is 0 Å². The van der Waals surface area contributed by atoms with E-state index in [1.54, 1.807) is 13.4 Å². The molecule has 12 atom stereocenters. The lowest BCUT2D eigenvalue weighted by Crippen LogP contribution is -2.44. The Kier molecular flexibility index (Phi) is 20.2. The van der Waals surface area contributed by atoms with Gasteiger partial charge in [0.25, 0.3) is 0 Å². The number of epoxide rings is 2. The highest BCUT2D eigenvalue weighted by Gasteiger charge is 2.60.